The van der Waals surface area contributed by atoms with E-state index in [-0.39, 0.29) is 6.61 Å². The average molecular weight is 199 g/mol. The zero-order chi connectivity index (χ0) is 10.7. The molecule has 0 saturated heterocycles. The second kappa shape index (κ2) is 3.95. The summed E-state index contributed by atoms with van der Waals surface area (Å²) >= 11 is 0. The summed E-state index contributed by atoms with van der Waals surface area (Å²) in [5.41, 5.74) is 2.03. The van der Waals surface area contributed by atoms with E-state index in [1.165, 1.54) is 13.8 Å². The Labute approximate surface area is 74.0 Å². The highest BCUT2D eigenvalue weighted by molar-refractivity contribution is 5.81. The van der Waals surface area contributed by atoms with Crippen molar-refractivity contribution in [3.05, 3.63) is 0 Å². The highest BCUT2D eigenvalue weighted by Gasteiger charge is 2.57. The predicted molar refractivity (Wildman–Crippen MR) is 39.9 cm³/mol. The fourth-order valence-electron chi connectivity index (χ4n) is 0.720. The Hall–Kier alpha value is -0.780. The summed E-state index contributed by atoms with van der Waals surface area (Å²) in [7, 11) is 0. The van der Waals surface area contributed by atoms with Crippen LogP contribution in [0.1, 0.15) is 20.3 Å². The number of rotatable bonds is 3. The zero-order valence-electron chi connectivity index (χ0n) is 7.44. The van der Waals surface area contributed by atoms with E-state index in [4.69, 9.17) is 5.73 Å². The van der Waals surface area contributed by atoms with Gasteiger partial charge in [0, 0.05) is 0 Å². The molecule has 0 aromatic carbocycles. The van der Waals surface area contributed by atoms with Crippen molar-refractivity contribution in [3.8, 4) is 0 Å². The van der Waals surface area contributed by atoms with E-state index in [1.54, 1.807) is 0 Å². The normalized spacial score (nSPS) is 16.5. The summed E-state index contributed by atoms with van der Waals surface area (Å²) in [6.07, 6.45) is -5.30. The van der Waals surface area contributed by atoms with Gasteiger partial charge in [-0.1, -0.05) is 6.92 Å². The maximum atomic E-state index is 12.3. The van der Waals surface area contributed by atoms with Crippen LogP contribution in [0.15, 0.2) is 0 Å². The Morgan fingerprint density at radius 3 is 2.08 bits per heavy atom. The topological polar surface area (TPSA) is 52.3 Å². The molecule has 78 valence electrons. The molecule has 3 nitrogen and oxygen atoms in total. The number of alkyl halides is 3. The van der Waals surface area contributed by atoms with Gasteiger partial charge in [-0.3, -0.25) is 0 Å². The fraction of sp³-hybridized carbons (Fsp3) is 0.857. The molecule has 0 aromatic rings. The van der Waals surface area contributed by atoms with Crippen molar-refractivity contribution in [2.45, 2.75) is 32.0 Å². The lowest BCUT2D eigenvalue weighted by Gasteiger charge is -2.27. The summed E-state index contributed by atoms with van der Waals surface area (Å²) in [6.45, 7) is 2.49. The number of esters is 1. The lowest BCUT2D eigenvalue weighted by Crippen LogP contribution is -2.59. The summed E-state index contributed by atoms with van der Waals surface area (Å²) in [4.78, 5) is 10.9. The van der Waals surface area contributed by atoms with Gasteiger partial charge in [0.2, 0.25) is 5.54 Å². The number of nitrogens with two attached hydrogens (primary N) is 1. The molecule has 0 aromatic heterocycles. The van der Waals surface area contributed by atoms with Gasteiger partial charge in [0.1, 0.15) is 0 Å². The van der Waals surface area contributed by atoms with Gasteiger partial charge in [-0.05, 0) is 13.3 Å². The first-order valence-electron chi connectivity index (χ1n) is 3.82. The third-order valence-electron chi connectivity index (χ3n) is 1.70. The fourth-order valence-corrected chi connectivity index (χ4v) is 0.720. The summed E-state index contributed by atoms with van der Waals surface area (Å²) < 4.78 is 41.0. The molecule has 0 spiro atoms. The predicted octanol–water partition coefficient (Wildman–Crippen LogP) is 1.22. The molecule has 0 fully saturated rings. The van der Waals surface area contributed by atoms with Crippen LogP contribution in [-0.2, 0) is 9.53 Å². The van der Waals surface area contributed by atoms with Crippen LogP contribution < -0.4 is 5.73 Å². The van der Waals surface area contributed by atoms with Crippen LogP contribution in [0.25, 0.3) is 0 Å². The number of carbonyl (C=O) groups is 1. The van der Waals surface area contributed by atoms with Crippen LogP contribution in [0.3, 0.4) is 0 Å². The maximum absolute atomic E-state index is 12.3. The van der Waals surface area contributed by atoms with Gasteiger partial charge in [-0.15, -0.1) is 0 Å². The number of ether oxygens (including phenoxy) is 1. The molecule has 0 rings (SSSR count). The molecule has 1 atom stereocenters. The Balaban J connectivity index is 4.73. The van der Waals surface area contributed by atoms with E-state index in [2.05, 4.69) is 4.74 Å². The molecule has 0 saturated carbocycles. The van der Waals surface area contributed by atoms with Gasteiger partial charge in [0.15, 0.2) is 0 Å². The van der Waals surface area contributed by atoms with Gasteiger partial charge in [-0.25, -0.2) is 4.79 Å². The summed E-state index contributed by atoms with van der Waals surface area (Å²) in [5.74, 6) is -1.43. The SMILES string of the molecule is CCOC(=O)C(N)(CC)C(F)(F)F. The van der Waals surface area contributed by atoms with E-state index < -0.39 is 24.1 Å². The molecule has 2 N–H and O–H groups in total. The maximum Gasteiger partial charge on any atom is 0.417 e. The average Bonchev–Trinajstić information content (AvgIpc) is 2.01. The van der Waals surface area contributed by atoms with Crippen molar-refractivity contribution in [3.63, 3.8) is 0 Å². The van der Waals surface area contributed by atoms with Crippen molar-refractivity contribution in [1.82, 2.24) is 0 Å². The minimum absolute atomic E-state index is 0.117. The minimum atomic E-state index is -4.77. The molecule has 0 amide bonds. The Morgan fingerprint density at radius 1 is 1.38 bits per heavy atom. The number of hydrogen-bond acceptors (Lipinski definition) is 3. The third-order valence-corrected chi connectivity index (χ3v) is 1.70. The van der Waals surface area contributed by atoms with E-state index >= 15 is 0 Å². The molecule has 13 heavy (non-hydrogen) atoms. The van der Waals surface area contributed by atoms with E-state index in [9.17, 15) is 18.0 Å². The number of halogens is 3. The molecule has 0 aliphatic carbocycles. The Kier molecular flexibility index (Phi) is 3.71. The first kappa shape index (κ1) is 12.2. The van der Waals surface area contributed by atoms with E-state index in [0.717, 1.165) is 0 Å². The smallest absolute Gasteiger partial charge is 0.417 e. The van der Waals surface area contributed by atoms with Crippen LogP contribution in [-0.4, -0.2) is 24.3 Å². The van der Waals surface area contributed by atoms with Gasteiger partial charge >= 0.3 is 12.1 Å². The van der Waals surface area contributed by atoms with Crippen molar-refractivity contribution in [2.24, 2.45) is 5.73 Å². The molecular formula is C7H12F3NO2. The Morgan fingerprint density at radius 2 is 1.85 bits per heavy atom. The number of carbonyl (C=O) groups excluding carboxylic acids is 1. The number of hydrogen-bond donors (Lipinski definition) is 1. The monoisotopic (exact) mass is 199 g/mol. The summed E-state index contributed by atoms with van der Waals surface area (Å²) in [5, 5.41) is 0. The quantitative estimate of drug-likeness (QED) is 0.695. The largest absolute Gasteiger partial charge is 0.464 e. The standard InChI is InChI=1S/C7H12F3NO2/c1-3-6(11,7(8,9)10)5(12)13-4-2/h3-4,11H2,1-2H3. The van der Waals surface area contributed by atoms with Crippen LogP contribution in [0.2, 0.25) is 0 Å². The van der Waals surface area contributed by atoms with E-state index in [1.807, 2.05) is 0 Å². The van der Waals surface area contributed by atoms with Crippen LogP contribution >= 0.6 is 0 Å². The zero-order valence-corrected chi connectivity index (χ0v) is 7.44. The van der Waals surface area contributed by atoms with Crippen molar-refractivity contribution >= 4 is 5.97 Å². The van der Waals surface area contributed by atoms with Crippen molar-refractivity contribution in [1.29, 1.82) is 0 Å². The second-order valence-corrected chi connectivity index (χ2v) is 2.54. The summed E-state index contributed by atoms with van der Waals surface area (Å²) in [6, 6.07) is 0. The van der Waals surface area contributed by atoms with Crippen molar-refractivity contribution in [2.75, 3.05) is 6.61 Å². The molecule has 0 heterocycles. The van der Waals surface area contributed by atoms with Crippen LogP contribution in [0, 0.1) is 0 Å². The third kappa shape index (κ3) is 2.33. The first-order chi connectivity index (χ1) is 5.79. The molecular weight excluding hydrogens is 187 g/mol. The molecule has 1 unspecified atom stereocenters. The second-order valence-electron chi connectivity index (χ2n) is 2.54. The Bertz CT molecular complexity index is 193. The van der Waals surface area contributed by atoms with Gasteiger partial charge in [-0.2, -0.15) is 13.2 Å². The lowest BCUT2D eigenvalue weighted by atomic mass is 9.97. The van der Waals surface area contributed by atoms with Crippen LogP contribution in [0.4, 0.5) is 13.2 Å². The highest BCUT2D eigenvalue weighted by Crippen LogP contribution is 2.31. The molecule has 6 heteroatoms. The highest BCUT2D eigenvalue weighted by atomic mass is 19.4. The first-order valence-corrected chi connectivity index (χ1v) is 3.82. The lowest BCUT2D eigenvalue weighted by molar-refractivity contribution is -0.206. The minimum Gasteiger partial charge on any atom is -0.464 e. The molecule has 0 aliphatic rings. The van der Waals surface area contributed by atoms with Gasteiger partial charge < -0.3 is 10.5 Å². The van der Waals surface area contributed by atoms with Gasteiger partial charge in [0.05, 0.1) is 6.61 Å². The molecule has 0 radical (unpaired) electrons. The molecule has 0 aliphatic heterocycles. The van der Waals surface area contributed by atoms with Crippen LogP contribution in [0.5, 0.6) is 0 Å². The molecule has 0 bridgehead atoms. The van der Waals surface area contributed by atoms with E-state index in [0.29, 0.717) is 0 Å². The van der Waals surface area contributed by atoms with Gasteiger partial charge in [0.25, 0.3) is 0 Å². The van der Waals surface area contributed by atoms with Crippen molar-refractivity contribution < 1.29 is 22.7 Å².